The van der Waals surface area contributed by atoms with Gasteiger partial charge in [0.2, 0.25) is 0 Å². The zero-order valence-corrected chi connectivity index (χ0v) is 14.8. The van der Waals surface area contributed by atoms with Crippen LogP contribution >= 0.6 is 0 Å². The van der Waals surface area contributed by atoms with Crippen LogP contribution in [0.25, 0.3) is 0 Å². The second kappa shape index (κ2) is 7.97. The van der Waals surface area contributed by atoms with Crippen LogP contribution in [0.15, 0.2) is 48.5 Å². The second-order valence-electron chi connectivity index (χ2n) is 6.59. The number of amides is 1. The number of methoxy groups -OCH3 is 1. The Bertz CT molecular complexity index is 689. The van der Waals surface area contributed by atoms with E-state index in [1.54, 1.807) is 19.2 Å². The minimum atomic E-state index is -0.181. The van der Waals surface area contributed by atoms with Crippen molar-refractivity contribution in [3.63, 3.8) is 0 Å². The van der Waals surface area contributed by atoms with Crippen molar-refractivity contribution < 1.29 is 14.3 Å². The van der Waals surface area contributed by atoms with Gasteiger partial charge in [-0.05, 0) is 29.2 Å². The van der Waals surface area contributed by atoms with Gasteiger partial charge in [0, 0.05) is 12.8 Å². The van der Waals surface area contributed by atoms with E-state index in [1.165, 1.54) is 0 Å². The number of anilines is 1. The fourth-order valence-electron chi connectivity index (χ4n) is 2.45. The molecule has 0 spiro atoms. The smallest absolute Gasteiger partial charge is 0.259 e. The van der Waals surface area contributed by atoms with E-state index in [-0.39, 0.29) is 11.3 Å². The Morgan fingerprint density at radius 1 is 1.00 bits per heavy atom. The molecule has 24 heavy (non-hydrogen) atoms. The number of nitrogens with one attached hydrogen (secondary N) is 1. The molecule has 0 aliphatic heterocycles. The molecule has 2 rings (SSSR count). The summed E-state index contributed by atoms with van der Waals surface area (Å²) >= 11 is 0. The summed E-state index contributed by atoms with van der Waals surface area (Å²) in [6.45, 7) is 7.25. The largest absolute Gasteiger partial charge is 0.490 e. The van der Waals surface area contributed by atoms with Gasteiger partial charge < -0.3 is 14.8 Å². The average molecular weight is 327 g/mol. The molecule has 0 aromatic heterocycles. The molecule has 1 N–H and O–H groups in total. The zero-order chi connectivity index (χ0) is 17.6. The predicted molar refractivity (Wildman–Crippen MR) is 96.9 cm³/mol. The summed E-state index contributed by atoms with van der Waals surface area (Å²) in [6, 6.07) is 15.1. The summed E-state index contributed by atoms with van der Waals surface area (Å²) in [7, 11) is 1.62. The first-order valence-electron chi connectivity index (χ1n) is 8.05. The van der Waals surface area contributed by atoms with E-state index < -0.39 is 0 Å². The molecule has 0 atom stereocenters. The van der Waals surface area contributed by atoms with Crippen LogP contribution in [-0.4, -0.2) is 26.2 Å². The number of para-hydroxylation sites is 2. The monoisotopic (exact) mass is 327 g/mol. The number of hydrogen-bond acceptors (Lipinski definition) is 3. The lowest BCUT2D eigenvalue weighted by Crippen LogP contribution is -2.19. The van der Waals surface area contributed by atoms with Crippen LogP contribution in [0.5, 0.6) is 5.75 Å². The van der Waals surface area contributed by atoms with Crippen molar-refractivity contribution in [2.75, 3.05) is 25.6 Å². The molecule has 2 aromatic rings. The van der Waals surface area contributed by atoms with Crippen molar-refractivity contribution in [1.82, 2.24) is 0 Å². The van der Waals surface area contributed by atoms with Crippen LogP contribution < -0.4 is 10.1 Å². The lowest BCUT2D eigenvalue weighted by atomic mass is 9.86. The number of carbonyl (C=O) groups excluding carboxylic acids is 1. The lowest BCUT2D eigenvalue weighted by Gasteiger charge is -2.23. The van der Waals surface area contributed by atoms with Crippen molar-refractivity contribution in [2.45, 2.75) is 26.2 Å². The van der Waals surface area contributed by atoms with Gasteiger partial charge in [0.1, 0.15) is 12.4 Å². The molecule has 2 aromatic carbocycles. The quantitative estimate of drug-likeness (QED) is 0.806. The maximum Gasteiger partial charge on any atom is 0.259 e. The number of benzene rings is 2. The van der Waals surface area contributed by atoms with E-state index in [4.69, 9.17) is 9.47 Å². The van der Waals surface area contributed by atoms with E-state index in [2.05, 4.69) is 26.1 Å². The van der Waals surface area contributed by atoms with E-state index in [1.807, 2.05) is 36.4 Å². The normalized spacial score (nSPS) is 11.2. The summed E-state index contributed by atoms with van der Waals surface area (Å²) in [6.07, 6.45) is 0. The van der Waals surface area contributed by atoms with Crippen molar-refractivity contribution >= 4 is 11.6 Å². The lowest BCUT2D eigenvalue weighted by molar-refractivity contribution is 0.101. The summed E-state index contributed by atoms with van der Waals surface area (Å²) in [4.78, 5) is 12.7. The van der Waals surface area contributed by atoms with Gasteiger partial charge in [-0.15, -0.1) is 0 Å². The number of ether oxygens (including phenoxy) is 2. The molecule has 0 heterocycles. The Morgan fingerprint density at radius 2 is 1.67 bits per heavy atom. The van der Waals surface area contributed by atoms with E-state index >= 15 is 0 Å². The Kier molecular flexibility index (Phi) is 5.99. The van der Waals surface area contributed by atoms with Crippen LogP contribution in [0.1, 0.15) is 36.7 Å². The van der Waals surface area contributed by atoms with Gasteiger partial charge in [0.15, 0.2) is 0 Å². The van der Waals surface area contributed by atoms with E-state index in [9.17, 15) is 4.79 Å². The highest BCUT2D eigenvalue weighted by Crippen LogP contribution is 2.30. The maximum atomic E-state index is 12.7. The van der Waals surface area contributed by atoms with Crippen LogP contribution in [0, 0.1) is 0 Å². The first-order chi connectivity index (χ1) is 11.4. The number of carbonyl (C=O) groups is 1. The molecule has 1 amide bonds. The fraction of sp³-hybridized carbons (Fsp3) is 0.350. The Balaban J connectivity index is 2.22. The highest BCUT2D eigenvalue weighted by Gasteiger charge is 2.20. The van der Waals surface area contributed by atoms with Crippen LogP contribution in [-0.2, 0) is 10.2 Å². The molecular formula is C20H25NO3. The molecule has 0 saturated heterocycles. The molecule has 128 valence electrons. The summed E-state index contributed by atoms with van der Waals surface area (Å²) in [5.41, 5.74) is 2.37. The highest BCUT2D eigenvalue weighted by molar-refractivity contribution is 6.06. The summed E-state index contributed by atoms with van der Waals surface area (Å²) in [5.74, 6) is 0.375. The van der Waals surface area contributed by atoms with Gasteiger partial charge >= 0.3 is 0 Å². The molecule has 0 aliphatic rings. The van der Waals surface area contributed by atoms with E-state index in [0.717, 1.165) is 11.3 Å². The van der Waals surface area contributed by atoms with Gasteiger partial charge in [-0.2, -0.15) is 0 Å². The third kappa shape index (κ3) is 4.59. The SMILES string of the molecule is COCCOc1ccccc1C(=O)Nc1ccccc1C(C)(C)C. The maximum absolute atomic E-state index is 12.7. The van der Waals surface area contributed by atoms with Crippen LogP contribution in [0.3, 0.4) is 0 Å². The number of hydrogen-bond donors (Lipinski definition) is 1. The van der Waals surface area contributed by atoms with Crippen LogP contribution in [0.4, 0.5) is 5.69 Å². The molecule has 0 unspecified atom stereocenters. The standard InChI is InChI=1S/C20H25NO3/c1-20(2,3)16-10-6-7-11-17(16)21-19(22)15-9-5-8-12-18(15)24-14-13-23-4/h5-12H,13-14H2,1-4H3,(H,21,22). The third-order valence-corrected chi connectivity index (χ3v) is 3.66. The third-order valence-electron chi connectivity index (χ3n) is 3.66. The molecule has 0 fully saturated rings. The second-order valence-corrected chi connectivity index (χ2v) is 6.59. The zero-order valence-electron chi connectivity index (χ0n) is 14.8. The Hall–Kier alpha value is -2.33. The highest BCUT2D eigenvalue weighted by atomic mass is 16.5. The fourth-order valence-corrected chi connectivity index (χ4v) is 2.45. The molecular weight excluding hydrogens is 302 g/mol. The molecule has 0 saturated carbocycles. The van der Waals surface area contributed by atoms with Gasteiger partial charge in [0.05, 0.1) is 12.2 Å². The van der Waals surface area contributed by atoms with Crippen molar-refractivity contribution in [3.05, 3.63) is 59.7 Å². The van der Waals surface area contributed by atoms with Gasteiger partial charge in [-0.25, -0.2) is 0 Å². The van der Waals surface area contributed by atoms with Gasteiger partial charge in [-0.1, -0.05) is 51.1 Å². The first kappa shape index (κ1) is 18.0. The minimum absolute atomic E-state index is 0.0572. The predicted octanol–water partition coefficient (Wildman–Crippen LogP) is 4.26. The minimum Gasteiger partial charge on any atom is -0.490 e. The molecule has 0 aliphatic carbocycles. The van der Waals surface area contributed by atoms with Crippen molar-refractivity contribution in [1.29, 1.82) is 0 Å². The Morgan fingerprint density at radius 3 is 2.38 bits per heavy atom. The molecule has 4 heteroatoms. The van der Waals surface area contributed by atoms with Gasteiger partial charge in [-0.3, -0.25) is 4.79 Å². The summed E-state index contributed by atoms with van der Waals surface area (Å²) < 4.78 is 10.6. The van der Waals surface area contributed by atoms with E-state index in [0.29, 0.717) is 24.5 Å². The average Bonchev–Trinajstić information content (AvgIpc) is 2.55. The molecule has 4 nitrogen and oxygen atoms in total. The summed E-state index contributed by atoms with van der Waals surface area (Å²) in [5, 5.41) is 3.01. The Labute approximate surface area is 143 Å². The van der Waals surface area contributed by atoms with Gasteiger partial charge in [0.25, 0.3) is 5.91 Å². The van der Waals surface area contributed by atoms with Crippen molar-refractivity contribution in [2.24, 2.45) is 0 Å². The van der Waals surface area contributed by atoms with Crippen LogP contribution in [0.2, 0.25) is 0 Å². The molecule has 0 radical (unpaired) electrons. The topological polar surface area (TPSA) is 47.6 Å². The number of rotatable bonds is 6. The van der Waals surface area contributed by atoms with Crippen molar-refractivity contribution in [3.8, 4) is 5.75 Å². The molecule has 0 bridgehead atoms. The first-order valence-corrected chi connectivity index (χ1v) is 8.05.